The molecule has 0 radical (unpaired) electrons. The molecule has 0 spiro atoms. The molecule has 14 nitrogen and oxygen atoms in total. The molecule has 0 amide bonds. The van der Waals surface area contributed by atoms with E-state index in [4.69, 9.17) is 10.5 Å². The molecule has 0 saturated carbocycles. The first-order valence-corrected chi connectivity index (χ1v) is 12.6. The Kier molecular flexibility index (Phi) is 20.1. The molecule has 0 saturated heterocycles. The second-order valence-corrected chi connectivity index (χ2v) is 11.3. The maximum Gasteiger partial charge on any atom is 1.00 e. The monoisotopic (exact) mass is 551 g/mol. The third-order valence-electron chi connectivity index (χ3n) is 2.82. The Morgan fingerprint density at radius 2 is 1.68 bits per heavy atom. The van der Waals surface area contributed by atoms with Crippen molar-refractivity contribution in [2.45, 2.75) is 19.6 Å². The summed E-state index contributed by atoms with van der Waals surface area (Å²) in [6, 6.07) is 0. The summed E-state index contributed by atoms with van der Waals surface area (Å²) in [4.78, 5) is 55.7. The molecular formula is C9H12N5Na4O9P3S. The summed E-state index contributed by atoms with van der Waals surface area (Å²) < 4.78 is 35.4. The molecule has 0 aliphatic carbocycles. The van der Waals surface area contributed by atoms with E-state index >= 15 is 0 Å². The minimum absolute atomic E-state index is 0. The van der Waals surface area contributed by atoms with E-state index in [9.17, 15) is 28.7 Å². The van der Waals surface area contributed by atoms with Gasteiger partial charge in [-0.2, -0.15) is 0 Å². The van der Waals surface area contributed by atoms with Crippen molar-refractivity contribution in [2.75, 3.05) is 12.1 Å². The molecule has 31 heavy (non-hydrogen) atoms. The van der Waals surface area contributed by atoms with Gasteiger partial charge in [0.05, 0.1) is 33.1 Å². The topological polar surface area (TPSA) is 224 Å². The van der Waals surface area contributed by atoms with Crippen LogP contribution in [-0.2, 0) is 40.8 Å². The van der Waals surface area contributed by atoms with Crippen LogP contribution in [0.1, 0.15) is 6.92 Å². The Balaban J connectivity index is -0.00000196. The van der Waals surface area contributed by atoms with Crippen LogP contribution in [0, 0.1) is 0 Å². The van der Waals surface area contributed by atoms with Gasteiger partial charge in [0.15, 0.2) is 11.5 Å². The minimum atomic E-state index is -5.92. The van der Waals surface area contributed by atoms with Gasteiger partial charge in [-0.1, -0.05) is 11.8 Å². The third-order valence-corrected chi connectivity index (χ3v) is 7.60. The fraction of sp³-hybridized carbons (Fsp3) is 0.444. The number of fused-ring (bicyclic) bond motifs is 1. The molecule has 0 fully saturated rings. The van der Waals surface area contributed by atoms with E-state index in [-0.39, 0.29) is 131 Å². The normalized spacial score (nSPS) is 15.8. The molecule has 0 bridgehead atoms. The first-order valence-electron chi connectivity index (χ1n) is 6.87. The van der Waals surface area contributed by atoms with Gasteiger partial charge in [0, 0.05) is 6.49 Å². The van der Waals surface area contributed by atoms with Gasteiger partial charge in [-0.25, -0.2) is 15.0 Å². The number of nitrogens with zero attached hydrogens (tertiary/aromatic N) is 4. The summed E-state index contributed by atoms with van der Waals surface area (Å²) in [7, 11) is -11.6. The molecule has 2 rings (SSSR count). The fourth-order valence-electron chi connectivity index (χ4n) is 1.89. The molecule has 0 aliphatic heterocycles. The second kappa shape index (κ2) is 16.1. The van der Waals surface area contributed by atoms with Crippen molar-refractivity contribution in [1.29, 1.82) is 0 Å². The molecule has 2 aromatic rings. The Labute approximate surface area is 271 Å². The number of hydrogen-bond donors (Lipinski definition) is 1. The summed E-state index contributed by atoms with van der Waals surface area (Å²) in [5.74, 6) is 0.177. The van der Waals surface area contributed by atoms with Crippen LogP contribution in [0.5, 0.6) is 0 Å². The largest absolute Gasteiger partial charge is 1.00 e. The average Bonchev–Trinajstić information content (AvgIpc) is 2.86. The van der Waals surface area contributed by atoms with Crippen LogP contribution in [0.2, 0.25) is 0 Å². The number of aromatic nitrogens is 4. The van der Waals surface area contributed by atoms with E-state index in [1.807, 2.05) is 0 Å². The van der Waals surface area contributed by atoms with Gasteiger partial charge in [-0.05, 0) is 6.92 Å². The molecule has 3 atom stereocenters. The van der Waals surface area contributed by atoms with E-state index in [0.717, 1.165) is 0 Å². The van der Waals surface area contributed by atoms with Crippen molar-refractivity contribution < 1.29 is 160 Å². The van der Waals surface area contributed by atoms with Gasteiger partial charge >= 0.3 is 118 Å². The van der Waals surface area contributed by atoms with Crippen molar-refractivity contribution >= 4 is 50.9 Å². The number of hydrogen-bond acceptors (Lipinski definition) is 14. The van der Waals surface area contributed by atoms with E-state index in [2.05, 4.69) is 35.4 Å². The van der Waals surface area contributed by atoms with Gasteiger partial charge in [-0.3, -0.25) is 13.2 Å². The van der Waals surface area contributed by atoms with Crippen LogP contribution in [-0.4, -0.2) is 32.0 Å². The Morgan fingerprint density at radius 1 is 1.10 bits per heavy atom. The maximum atomic E-state index is 11.9. The quantitative estimate of drug-likeness (QED) is 0.226. The van der Waals surface area contributed by atoms with Crippen LogP contribution < -0.4 is 144 Å². The Bertz CT molecular complexity index is 981. The summed E-state index contributed by atoms with van der Waals surface area (Å²) in [6.07, 6.45) is 1.11. The van der Waals surface area contributed by atoms with E-state index in [0.29, 0.717) is 11.2 Å². The van der Waals surface area contributed by atoms with E-state index in [1.165, 1.54) is 12.7 Å². The first-order chi connectivity index (χ1) is 12.3. The van der Waals surface area contributed by atoms with Crippen LogP contribution in [0.25, 0.3) is 11.2 Å². The minimum Gasteiger partial charge on any atom is -0.799 e. The molecule has 2 aromatic heterocycles. The standard InChI is InChI=1S/C9H16N5O9P3S.4Na/c1-6(2-14-4-13-7-8(10)11-3-12-9(7)14)21-5-24(15,27)22-26(19,20)23-25(16,17)18;;;;/h3-4,6H,2,5H2,1H3,(H,15,27)(H,19,20)(H2,10,11,12)(H2,16,17,18);;;;/q;4*+1/p-4/t6-,24?;;;;/m1..../s1. The van der Waals surface area contributed by atoms with Crippen molar-refractivity contribution in [3.05, 3.63) is 12.7 Å². The molecule has 2 N–H and O–H groups in total. The number of nitrogen functional groups attached to an aromatic ring is 1. The molecule has 2 heterocycles. The summed E-state index contributed by atoms with van der Waals surface area (Å²) in [6.45, 7) is -2.72. The smallest absolute Gasteiger partial charge is 0.799 e. The Morgan fingerprint density at radius 3 is 2.23 bits per heavy atom. The number of imidazole rings is 1. The van der Waals surface area contributed by atoms with E-state index in [1.54, 1.807) is 11.5 Å². The van der Waals surface area contributed by atoms with Crippen molar-refractivity contribution in [3.63, 3.8) is 0 Å². The van der Waals surface area contributed by atoms with Crippen molar-refractivity contribution in [1.82, 2.24) is 19.5 Å². The number of rotatable bonds is 9. The number of ether oxygens (including phenoxy) is 1. The van der Waals surface area contributed by atoms with Crippen molar-refractivity contribution in [3.8, 4) is 0 Å². The predicted octanol–water partition coefficient (Wildman–Crippen LogP) is -14.2. The third kappa shape index (κ3) is 13.9. The van der Waals surface area contributed by atoms with Crippen molar-refractivity contribution in [2.24, 2.45) is 0 Å². The van der Waals surface area contributed by atoms with Gasteiger partial charge in [0.25, 0.3) is 7.82 Å². The molecule has 152 valence electrons. The molecule has 22 heteroatoms. The van der Waals surface area contributed by atoms with Crippen LogP contribution >= 0.6 is 22.1 Å². The number of phosphoric acid groups is 2. The molecule has 0 aromatic carbocycles. The first kappa shape index (κ1) is 38.7. The van der Waals surface area contributed by atoms with Crippen LogP contribution in [0.3, 0.4) is 0 Å². The molecule has 0 aliphatic rings. The Hall–Kier alpha value is 3.18. The van der Waals surface area contributed by atoms with E-state index < -0.39 is 34.6 Å². The summed E-state index contributed by atoms with van der Waals surface area (Å²) in [5, 5.41) is 0. The van der Waals surface area contributed by atoms with Crippen LogP contribution in [0.15, 0.2) is 12.7 Å². The summed E-state index contributed by atoms with van der Waals surface area (Å²) >= 11 is 4.45. The number of nitrogens with two attached hydrogens (primary N) is 1. The van der Waals surface area contributed by atoms with Gasteiger partial charge in [-0.15, -0.1) is 0 Å². The second-order valence-electron chi connectivity index (χ2n) is 5.10. The molecular weight excluding hydrogens is 539 g/mol. The predicted molar refractivity (Wildman–Crippen MR) is 86.8 cm³/mol. The zero-order valence-corrected chi connectivity index (χ0v) is 28.9. The summed E-state index contributed by atoms with van der Waals surface area (Å²) in [5.41, 5.74) is 6.44. The van der Waals surface area contributed by atoms with Crippen LogP contribution in [0.4, 0.5) is 5.82 Å². The molecule has 2 unspecified atom stereocenters. The number of anilines is 1. The van der Waals surface area contributed by atoms with Gasteiger partial charge in [0.2, 0.25) is 0 Å². The SMILES string of the molecule is C[C@H](Cn1cnc2c(N)ncnc21)OCP([O-])(=S)OP(=O)([O-])OP(=O)([O-])[O-].[Na+].[Na+].[Na+].[Na+]. The van der Waals surface area contributed by atoms with Gasteiger partial charge < -0.3 is 39.2 Å². The van der Waals surface area contributed by atoms with Gasteiger partial charge in [0.1, 0.15) is 11.8 Å². The zero-order chi connectivity index (χ0) is 20.5. The maximum absolute atomic E-state index is 11.9. The fourth-order valence-corrected chi connectivity index (χ4v) is 6.02. The zero-order valence-electron chi connectivity index (χ0n) is 17.4. The average molecular weight is 551 g/mol.